The molecule has 4 rings (SSSR count). The zero-order chi connectivity index (χ0) is 28.9. The van der Waals surface area contributed by atoms with Crippen molar-refractivity contribution in [3.8, 4) is 11.8 Å². The summed E-state index contributed by atoms with van der Waals surface area (Å²) < 4.78 is 33.4. The number of benzene rings is 2. The van der Waals surface area contributed by atoms with Crippen molar-refractivity contribution >= 4 is 33.3 Å². The van der Waals surface area contributed by atoms with Gasteiger partial charge in [0.1, 0.15) is 34.9 Å². The Hall–Kier alpha value is -3.65. The normalized spacial score (nSPS) is 20.1. The lowest BCUT2D eigenvalue weighted by Gasteiger charge is -2.29. The summed E-state index contributed by atoms with van der Waals surface area (Å²) in [4.78, 5) is 28.8. The van der Waals surface area contributed by atoms with Crippen molar-refractivity contribution in [3.05, 3.63) is 84.4 Å². The topological polar surface area (TPSA) is 129 Å². The van der Waals surface area contributed by atoms with E-state index in [1.54, 1.807) is 48.5 Å². The maximum absolute atomic E-state index is 14.0. The van der Waals surface area contributed by atoms with Crippen molar-refractivity contribution in [2.75, 3.05) is 19.7 Å². The highest BCUT2D eigenvalue weighted by Crippen LogP contribution is 2.37. The summed E-state index contributed by atoms with van der Waals surface area (Å²) in [7, 11) is -4.03. The predicted molar refractivity (Wildman–Crippen MR) is 151 cm³/mol. The molecule has 1 saturated carbocycles. The molecule has 0 spiro atoms. The fourth-order valence-corrected chi connectivity index (χ4v) is 6.68. The molecule has 11 heteroatoms. The highest BCUT2D eigenvalue weighted by atomic mass is 35.5. The number of likely N-dealkylation sites (tertiary alicyclic amines) is 1. The number of hydrogen-bond acceptors (Lipinski definition) is 7. The molecule has 0 radical (unpaired) electrons. The minimum atomic E-state index is -4.03. The number of sulfone groups is 1. The molecule has 2 fully saturated rings. The van der Waals surface area contributed by atoms with Crippen molar-refractivity contribution in [1.29, 1.82) is 5.26 Å². The lowest BCUT2D eigenvalue weighted by Crippen LogP contribution is -2.51. The van der Waals surface area contributed by atoms with Crippen molar-refractivity contribution in [2.24, 2.45) is 0 Å². The maximum atomic E-state index is 14.0. The molecule has 210 valence electrons. The number of rotatable bonds is 12. The number of carbonyl (C=O) groups excluding carboxylic acids is 2. The van der Waals surface area contributed by atoms with E-state index in [1.807, 2.05) is 0 Å². The molecular weight excluding hydrogens is 552 g/mol. The number of nitrogens with zero attached hydrogens (tertiary/aromatic N) is 2. The van der Waals surface area contributed by atoms with Crippen molar-refractivity contribution in [2.45, 2.75) is 47.0 Å². The summed E-state index contributed by atoms with van der Waals surface area (Å²) in [6, 6.07) is 13.1. The van der Waals surface area contributed by atoms with Gasteiger partial charge in [-0.15, -0.1) is 6.58 Å². The number of carbonyl (C=O) groups is 2. The second-order valence-corrected chi connectivity index (χ2v) is 12.5. The van der Waals surface area contributed by atoms with Gasteiger partial charge < -0.3 is 15.0 Å². The van der Waals surface area contributed by atoms with Gasteiger partial charge in [0.15, 0.2) is 9.84 Å². The SMILES string of the molecule is C=CCN[C@@H](C(=O)N1C[C@H](S(=O)(=O)c2ccccc2OCC=C)C[C@H]1C(=O)NC1(C#N)CC1)c1ccc(Cl)cc1. The first-order valence-corrected chi connectivity index (χ1v) is 14.8. The van der Waals surface area contributed by atoms with Crippen molar-refractivity contribution in [3.63, 3.8) is 0 Å². The van der Waals surface area contributed by atoms with E-state index in [-0.39, 0.29) is 36.8 Å². The van der Waals surface area contributed by atoms with Crippen LogP contribution < -0.4 is 15.4 Å². The zero-order valence-electron chi connectivity index (χ0n) is 21.9. The van der Waals surface area contributed by atoms with Gasteiger partial charge in [-0.25, -0.2) is 8.42 Å². The first-order valence-electron chi connectivity index (χ1n) is 12.9. The fourth-order valence-electron chi connectivity index (χ4n) is 4.73. The zero-order valence-corrected chi connectivity index (χ0v) is 23.5. The maximum Gasteiger partial charge on any atom is 0.245 e. The number of para-hydroxylation sites is 1. The molecule has 40 heavy (non-hydrogen) atoms. The van der Waals surface area contributed by atoms with E-state index in [0.29, 0.717) is 23.4 Å². The Kier molecular flexibility index (Phi) is 8.98. The van der Waals surface area contributed by atoms with E-state index in [2.05, 4.69) is 29.9 Å². The van der Waals surface area contributed by atoms with E-state index in [0.717, 1.165) is 0 Å². The largest absolute Gasteiger partial charge is 0.488 e. The van der Waals surface area contributed by atoms with Crippen LogP contribution in [-0.4, -0.2) is 61.7 Å². The monoisotopic (exact) mass is 582 g/mol. The molecular formula is C29H31ClN4O5S. The first kappa shape index (κ1) is 29.3. The van der Waals surface area contributed by atoms with Crippen molar-refractivity contribution < 1.29 is 22.7 Å². The second-order valence-electron chi connectivity index (χ2n) is 9.82. The number of amides is 2. The summed E-state index contributed by atoms with van der Waals surface area (Å²) in [6.07, 6.45) is 3.98. The van der Waals surface area contributed by atoms with Crippen LogP contribution >= 0.6 is 11.6 Å². The molecule has 9 nitrogen and oxygen atoms in total. The van der Waals surface area contributed by atoms with Crippen LogP contribution in [0.3, 0.4) is 0 Å². The molecule has 2 aromatic rings. The number of hydrogen-bond donors (Lipinski definition) is 2. The molecule has 0 bridgehead atoms. The summed E-state index contributed by atoms with van der Waals surface area (Å²) in [5.41, 5.74) is -0.384. The van der Waals surface area contributed by atoms with Gasteiger partial charge in [-0.1, -0.05) is 54.6 Å². The number of nitriles is 1. The van der Waals surface area contributed by atoms with Gasteiger partial charge in [0, 0.05) is 18.1 Å². The quantitative estimate of drug-likeness (QED) is 0.367. The van der Waals surface area contributed by atoms with Crippen LogP contribution in [0.1, 0.15) is 30.9 Å². The predicted octanol–water partition coefficient (Wildman–Crippen LogP) is 3.34. The van der Waals surface area contributed by atoms with Crippen LogP contribution in [0.5, 0.6) is 5.75 Å². The van der Waals surface area contributed by atoms with Crippen LogP contribution in [0.15, 0.2) is 78.7 Å². The average Bonchev–Trinajstić information content (AvgIpc) is 3.57. The van der Waals surface area contributed by atoms with Gasteiger partial charge in [-0.05, 0) is 49.1 Å². The molecule has 2 aliphatic rings. The molecule has 2 N–H and O–H groups in total. The number of nitrogens with one attached hydrogen (secondary N) is 2. The lowest BCUT2D eigenvalue weighted by atomic mass is 10.0. The molecule has 1 aliphatic carbocycles. The standard InChI is InChI=1S/C29H31ClN4O5S/c1-3-15-32-26(20-9-11-21(30)12-10-20)28(36)34-18-22(17-23(34)27(35)33-29(19-31)13-14-29)40(37,38)25-8-6-5-7-24(25)39-16-4-2/h3-12,22-23,26,32H,1-2,13-18H2,(H,33,35)/t22-,23+,26-/m1/s1. The molecule has 0 aromatic heterocycles. The third-order valence-electron chi connectivity index (χ3n) is 7.04. The minimum Gasteiger partial charge on any atom is -0.488 e. The molecule has 1 aliphatic heterocycles. The highest BCUT2D eigenvalue weighted by molar-refractivity contribution is 7.92. The van der Waals surface area contributed by atoms with E-state index < -0.39 is 44.5 Å². The van der Waals surface area contributed by atoms with Crippen molar-refractivity contribution in [1.82, 2.24) is 15.5 Å². The van der Waals surface area contributed by atoms with Gasteiger partial charge in [0.2, 0.25) is 11.8 Å². The molecule has 2 amide bonds. The van der Waals surface area contributed by atoms with Gasteiger partial charge in [-0.2, -0.15) is 5.26 Å². The third kappa shape index (κ3) is 6.22. The van der Waals surface area contributed by atoms with Gasteiger partial charge >= 0.3 is 0 Å². The van der Waals surface area contributed by atoms with Gasteiger partial charge in [0.05, 0.1) is 11.3 Å². The highest BCUT2D eigenvalue weighted by Gasteiger charge is 2.51. The second kappa shape index (κ2) is 12.3. The van der Waals surface area contributed by atoms with E-state index >= 15 is 0 Å². The van der Waals surface area contributed by atoms with Crippen LogP contribution in [0.4, 0.5) is 0 Å². The van der Waals surface area contributed by atoms with E-state index in [4.69, 9.17) is 16.3 Å². The molecule has 0 unspecified atom stereocenters. The van der Waals surface area contributed by atoms with Crippen LogP contribution in [0, 0.1) is 11.3 Å². The minimum absolute atomic E-state index is 0.0231. The van der Waals surface area contributed by atoms with Gasteiger partial charge in [-0.3, -0.25) is 14.9 Å². The molecule has 3 atom stereocenters. The first-order chi connectivity index (χ1) is 19.2. The lowest BCUT2D eigenvalue weighted by molar-refractivity contribution is -0.140. The Morgan fingerprint density at radius 3 is 2.50 bits per heavy atom. The van der Waals surface area contributed by atoms with Crippen LogP contribution in [0.2, 0.25) is 5.02 Å². The molecule has 1 saturated heterocycles. The molecule has 2 aromatic carbocycles. The Morgan fingerprint density at radius 2 is 1.88 bits per heavy atom. The van der Waals surface area contributed by atoms with E-state index in [1.165, 1.54) is 17.0 Å². The Bertz CT molecular complexity index is 1430. The number of halogens is 1. The van der Waals surface area contributed by atoms with E-state index in [9.17, 15) is 23.3 Å². The summed E-state index contributed by atoms with van der Waals surface area (Å²) in [5, 5.41) is 14.8. The Balaban J connectivity index is 1.69. The average molecular weight is 583 g/mol. The summed E-state index contributed by atoms with van der Waals surface area (Å²) in [6.45, 7) is 7.50. The Morgan fingerprint density at radius 1 is 1.18 bits per heavy atom. The number of ether oxygens (including phenoxy) is 1. The van der Waals surface area contributed by atoms with Crippen LogP contribution in [-0.2, 0) is 19.4 Å². The molecule has 1 heterocycles. The summed E-state index contributed by atoms with van der Waals surface area (Å²) >= 11 is 6.05. The third-order valence-corrected chi connectivity index (χ3v) is 9.46. The van der Waals surface area contributed by atoms with Gasteiger partial charge in [0.25, 0.3) is 0 Å². The fraction of sp³-hybridized carbons (Fsp3) is 0.345. The Labute approximate surface area is 239 Å². The smallest absolute Gasteiger partial charge is 0.245 e. The summed E-state index contributed by atoms with van der Waals surface area (Å²) in [5.74, 6) is -0.860. The van der Waals surface area contributed by atoms with Crippen LogP contribution in [0.25, 0.3) is 0 Å².